The third kappa shape index (κ3) is 4.43. The Balaban J connectivity index is 1.27. The van der Waals surface area contributed by atoms with E-state index in [-0.39, 0.29) is 11.4 Å². The Hall–Kier alpha value is -3.11. The van der Waals surface area contributed by atoms with E-state index in [1.54, 1.807) is 12.4 Å². The van der Waals surface area contributed by atoms with Crippen LogP contribution >= 0.6 is 0 Å². The van der Waals surface area contributed by atoms with Crippen molar-refractivity contribution in [1.29, 1.82) is 0 Å². The molecule has 10 heteroatoms. The van der Waals surface area contributed by atoms with Gasteiger partial charge in [-0.15, -0.1) is 5.10 Å². The summed E-state index contributed by atoms with van der Waals surface area (Å²) in [5.41, 5.74) is 0.882. The summed E-state index contributed by atoms with van der Waals surface area (Å²) in [5.74, 6) is 1.29. The Morgan fingerprint density at radius 3 is 2.56 bits per heavy atom. The maximum Gasteiger partial charge on any atom is 0.289 e. The van der Waals surface area contributed by atoms with E-state index in [1.165, 1.54) is 24.8 Å². The van der Waals surface area contributed by atoms with Gasteiger partial charge in [-0.2, -0.15) is 0 Å². The number of aromatic nitrogens is 6. The van der Waals surface area contributed by atoms with Gasteiger partial charge in [-0.25, -0.2) is 9.67 Å². The molecule has 0 radical (unpaired) electrons. The largest absolute Gasteiger partial charge is 0.341 e. The SMILES string of the molecule is O=C(c1ncc[nH]1)N1CCC(c2nnnn2Cc2ccccc2)(N2CCCN(C3CCC3)CC2)CC1. The summed E-state index contributed by atoms with van der Waals surface area (Å²) in [6, 6.07) is 11.1. The number of imidazole rings is 1. The number of hydrogen-bond acceptors (Lipinski definition) is 7. The number of amides is 1. The normalized spacial score (nSPS) is 21.7. The molecule has 10 nitrogen and oxygen atoms in total. The van der Waals surface area contributed by atoms with Gasteiger partial charge in [0.15, 0.2) is 11.6 Å². The fraction of sp³-hybridized carbons (Fsp3) is 0.577. The Morgan fingerprint density at radius 2 is 1.83 bits per heavy atom. The van der Waals surface area contributed by atoms with Crippen molar-refractivity contribution in [2.24, 2.45) is 0 Å². The molecule has 0 unspecified atom stereocenters. The van der Waals surface area contributed by atoms with E-state index in [0.717, 1.165) is 57.3 Å². The molecule has 36 heavy (non-hydrogen) atoms. The number of tetrazole rings is 1. The van der Waals surface area contributed by atoms with Crippen molar-refractivity contribution in [3.8, 4) is 0 Å². The minimum atomic E-state index is -0.298. The summed E-state index contributed by atoms with van der Waals surface area (Å²) in [6.45, 7) is 6.22. The Bertz CT molecular complexity index is 1130. The first kappa shape index (κ1) is 23.3. The number of benzene rings is 1. The predicted octanol–water partition coefficient (Wildman–Crippen LogP) is 2.14. The van der Waals surface area contributed by atoms with Crippen LogP contribution in [0, 0.1) is 0 Å². The lowest BCUT2D eigenvalue weighted by molar-refractivity contribution is 0.00878. The quantitative estimate of drug-likeness (QED) is 0.566. The second-order valence-corrected chi connectivity index (χ2v) is 10.4. The van der Waals surface area contributed by atoms with E-state index in [0.29, 0.717) is 25.5 Å². The molecule has 3 fully saturated rings. The van der Waals surface area contributed by atoms with Gasteiger partial charge in [0, 0.05) is 51.2 Å². The highest BCUT2D eigenvalue weighted by Gasteiger charge is 2.47. The molecule has 0 atom stereocenters. The molecule has 1 amide bonds. The van der Waals surface area contributed by atoms with Gasteiger partial charge in [-0.1, -0.05) is 36.8 Å². The molecule has 3 aromatic rings. The van der Waals surface area contributed by atoms with Crippen LogP contribution in [-0.2, 0) is 12.1 Å². The maximum absolute atomic E-state index is 13.0. The number of carbonyl (C=O) groups is 1. The Labute approximate surface area is 211 Å². The highest BCUT2D eigenvalue weighted by molar-refractivity contribution is 5.90. The van der Waals surface area contributed by atoms with E-state index in [1.807, 2.05) is 15.6 Å². The van der Waals surface area contributed by atoms with Crippen LogP contribution in [0.1, 0.15) is 60.5 Å². The summed E-state index contributed by atoms with van der Waals surface area (Å²) < 4.78 is 1.98. The van der Waals surface area contributed by atoms with Crippen LogP contribution in [0.3, 0.4) is 0 Å². The number of likely N-dealkylation sites (tertiary alicyclic amines) is 1. The molecular formula is C26H35N9O. The number of H-pyrrole nitrogens is 1. The van der Waals surface area contributed by atoms with Gasteiger partial charge in [0.2, 0.25) is 0 Å². The van der Waals surface area contributed by atoms with Crippen molar-refractivity contribution >= 4 is 5.91 Å². The fourth-order valence-corrected chi connectivity index (χ4v) is 6.18. The first-order valence-electron chi connectivity index (χ1n) is 13.3. The second-order valence-electron chi connectivity index (χ2n) is 10.4. The van der Waals surface area contributed by atoms with E-state index < -0.39 is 0 Å². The molecule has 190 valence electrons. The average molecular weight is 490 g/mol. The minimum absolute atomic E-state index is 0.0375. The van der Waals surface area contributed by atoms with E-state index in [4.69, 9.17) is 0 Å². The zero-order valence-corrected chi connectivity index (χ0v) is 20.8. The zero-order valence-electron chi connectivity index (χ0n) is 20.8. The molecule has 3 aliphatic rings. The van der Waals surface area contributed by atoms with Crippen LogP contribution in [0.25, 0.3) is 0 Å². The van der Waals surface area contributed by atoms with Crippen molar-refractivity contribution in [3.63, 3.8) is 0 Å². The van der Waals surface area contributed by atoms with Crippen molar-refractivity contribution in [2.45, 2.75) is 56.7 Å². The summed E-state index contributed by atoms with van der Waals surface area (Å²) >= 11 is 0. The summed E-state index contributed by atoms with van der Waals surface area (Å²) in [6.07, 6.45) is 10.1. The molecule has 1 N–H and O–H groups in total. The molecule has 1 aliphatic carbocycles. The van der Waals surface area contributed by atoms with Crippen molar-refractivity contribution in [1.82, 2.24) is 44.9 Å². The highest BCUT2D eigenvalue weighted by Crippen LogP contribution is 2.39. The zero-order chi connectivity index (χ0) is 24.4. The molecule has 1 aromatic carbocycles. The smallest absolute Gasteiger partial charge is 0.289 e. The predicted molar refractivity (Wildman–Crippen MR) is 134 cm³/mol. The number of rotatable bonds is 6. The second kappa shape index (κ2) is 10.1. The number of aromatic amines is 1. The number of piperidine rings is 1. The average Bonchev–Trinajstić information content (AvgIpc) is 3.53. The van der Waals surface area contributed by atoms with Gasteiger partial charge in [-0.3, -0.25) is 14.6 Å². The first-order chi connectivity index (χ1) is 17.7. The van der Waals surface area contributed by atoms with Crippen LogP contribution in [0.2, 0.25) is 0 Å². The van der Waals surface area contributed by atoms with Gasteiger partial charge in [0.05, 0.1) is 12.1 Å². The van der Waals surface area contributed by atoms with Crippen molar-refractivity contribution < 1.29 is 4.79 Å². The molecule has 0 bridgehead atoms. The molecule has 1 saturated carbocycles. The molecule has 0 spiro atoms. The lowest BCUT2D eigenvalue weighted by Gasteiger charge is -2.47. The van der Waals surface area contributed by atoms with E-state index in [2.05, 4.69) is 59.6 Å². The van der Waals surface area contributed by atoms with Crippen LogP contribution in [0.4, 0.5) is 0 Å². The first-order valence-corrected chi connectivity index (χ1v) is 13.3. The third-order valence-corrected chi connectivity index (χ3v) is 8.43. The van der Waals surface area contributed by atoms with Gasteiger partial charge >= 0.3 is 0 Å². The van der Waals surface area contributed by atoms with Crippen LogP contribution in [-0.4, -0.2) is 96.1 Å². The molecule has 4 heterocycles. The topological polar surface area (TPSA) is 99.1 Å². The van der Waals surface area contributed by atoms with Gasteiger partial charge < -0.3 is 9.88 Å². The Kier molecular flexibility index (Phi) is 6.54. The monoisotopic (exact) mass is 489 g/mol. The summed E-state index contributed by atoms with van der Waals surface area (Å²) in [4.78, 5) is 27.4. The highest BCUT2D eigenvalue weighted by atomic mass is 16.2. The summed E-state index contributed by atoms with van der Waals surface area (Å²) in [5, 5.41) is 13.2. The van der Waals surface area contributed by atoms with Crippen LogP contribution in [0.15, 0.2) is 42.7 Å². The molecule has 2 aromatic heterocycles. The lowest BCUT2D eigenvalue weighted by Crippen LogP contribution is -2.56. The van der Waals surface area contributed by atoms with Crippen molar-refractivity contribution in [2.75, 3.05) is 39.3 Å². The van der Waals surface area contributed by atoms with Gasteiger partial charge in [-0.05, 0) is 54.6 Å². The van der Waals surface area contributed by atoms with Crippen LogP contribution in [0.5, 0.6) is 0 Å². The third-order valence-electron chi connectivity index (χ3n) is 8.43. The van der Waals surface area contributed by atoms with Gasteiger partial charge in [0.25, 0.3) is 5.91 Å². The number of hydrogen-bond donors (Lipinski definition) is 1. The standard InChI is InChI=1S/C26H35N9O/c36-24(23-27-12-13-28-23)33-16-10-26(11-17-33,34-15-5-14-32(18-19-34)22-8-4-9-22)25-29-30-31-35(25)20-21-6-2-1-3-7-21/h1-3,6-7,12-13,22H,4-5,8-11,14-20H2,(H,27,28). The molecule has 2 saturated heterocycles. The Morgan fingerprint density at radius 1 is 1.00 bits per heavy atom. The van der Waals surface area contributed by atoms with Crippen molar-refractivity contribution in [3.05, 3.63) is 59.9 Å². The summed E-state index contributed by atoms with van der Waals surface area (Å²) in [7, 11) is 0. The maximum atomic E-state index is 13.0. The lowest BCUT2D eigenvalue weighted by atomic mass is 9.84. The number of nitrogens with zero attached hydrogens (tertiary/aromatic N) is 8. The fourth-order valence-electron chi connectivity index (χ4n) is 6.18. The molecule has 6 rings (SSSR count). The van der Waals surface area contributed by atoms with E-state index in [9.17, 15) is 4.79 Å². The number of nitrogens with one attached hydrogen (secondary N) is 1. The van der Waals surface area contributed by atoms with Gasteiger partial charge in [0.1, 0.15) is 0 Å². The number of carbonyl (C=O) groups excluding carboxylic acids is 1. The van der Waals surface area contributed by atoms with Crippen LogP contribution < -0.4 is 0 Å². The van der Waals surface area contributed by atoms with E-state index >= 15 is 0 Å². The molecular weight excluding hydrogens is 454 g/mol. The molecule has 2 aliphatic heterocycles. The minimum Gasteiger partial charge on any atom is -0.341 e.